The van der Waals surface area contributed by atoms with Gasteiger partial charge in [-0.3, -0.25) is 14.4 Å². The Morgan fingerprint density at radius 3 is 2.47 bits per heavy atom. The van der Waals surface area contributed by atoms with Gasteiger partial charge in [0.15, 0.2) is 6.10 Å². The van der Waals surface area contributed by atoms with Crippen molar-refractivity contribution in [3.05, 3.63) is 35.9 Å². The number of hydrogen-bond donors (Lipinski definition) is 0. The Balaban J connectivity index is 1.44. The highest BCUT2D eigenvalue weighted by Crippen LogP contribution is 2.16. The topological polar surface area (TPSA) is 88.5 Å². The van der Waals surface area contributed by atoms with E-state index in [1.807, 2.05) is 44.2 Å². The molecule has 2 aliphatic rings. The minimum atomic E-state index is -0.889. The molecule has 0 spiro atoms. The predicted octanol–water partition coefficient (Wildman–Crippen LogP) is 1.97. The van der Waals surface area contributed by atoms with Gasteiger partial charge in [0.05, 0.1) is 30.9 Å². The molecule has 0 aliphatic carbocycles. The number of hydrazone groups is 1. The number of hydrogen-bond acceptors (Lipinski definition) is 6. The lowest BCUT2D eigenvalue weighted by Crippen LogP contribution is -2.51. The maximum Gasteiger partial charge on any atom is 0.307 e. The van der Waals surface area contributed by atoms with E-state index < -0.39 is 12.1 Å². The predicted molar refractivity (Wildman–Crippen MR) is 111 cm³/mol. The van der Waals surface area contributed by atoms with Gasteiger partial charge in [-0.1, -0.05) is 30.3 Å². The molecule has 8 nitrogen and oxygen atoms in total. The van der Waals surface area contributed by atoms with E-state index in [2.05, 4.69) is 5.10 Å². The van der Waals surface area contributed by atoms with Gasteiger partial charge in [-0.15, -0.1) is 0 Å². The smallest absolute Gasteiger partial charge is 0.307 e. The van der Waals surface area contributed by atoms with E-state index in [1.54, 1.807) is 11.8 Å². The number of benzene rings is 1. The Kier molecular flexibility index (Phi) is 7.20. The number of amides is 2. The summed E-state index contributed by atoms with van der Waals surface area (Å²) in [6.45, 7) is 6.81. The van der Waals surface area contributed by atoms with Crippen LogP contribution >= 0.6 is 0 Å². The third-order valence-corrected chi connectivity index (χ3v) is 5.13. The zero-order valence-corrected chi connectivity index (χ0v) is 17.7. The first kappa shape index (κ1) is 22.0. The number of carbonyl (C=O) groups excluding carboxylic acids is 3. The molecule has 1 fully saturated rings. The van der Waals surface area contributed by atoms with Crippen molar-refractivity contribution in [1.29, 1.82) is 0 Å². The molecule has 3 rings (SSSR count). The fraction of sp³-hybridized carbons (Fsp3) is 0.545. The average molecular weight is 415 g/mol. The van der Waals surface area contributed by atoms with Crippen molar-refractivity contribution in [3.63, 3.8) is 0 Å². The lowest BCUT2D eigenvalue weighted by atomic mass is 10.1. The van der Waals surface area contributed by atoms with Crippen LogP contribution in [0.3, 0.4) is 0 Å². The number of morpholine rings is 1. The molecule has 0 bridgehead atoms. The van der Waals surface area contributed by atoms with E-state index in [9.17, 15) is 14.4 Å². The monoisotopic (exact) mass is 415 g/mol. The minimum absolute atomic E-state index is 0.00304. The summed E-state index contributed by atoms with van der Waals surface area (Å²) >= 11 is 0. The van der Waals surface area contributed by atoms with Crippen LogP contribution < -0.4 is 0 Å². The van der Waals surface area contributed by atoms with Gasteiger partial charge in [-0.25, -0.2) is 5.01 Å². The van der Waals surface area contributed by atoms with Crippen LogP contribution in [0.15, 0.2) is 35.4 Å². The Labute approximate surface area is 176 Å². The molecule has 1 saturated heterocycles. The summed E-state index contributed by atoms with van der Waals surface area (Å²) in [6, 6.07) is 9.70. The van der Waals surface area contributed by atoms with E-state index in [4.69, 9.17) is 9.47 Å². The molecule has 0 aromatic heterocycles. The highest BCUT2D eigenvalue weighted by atomic mass is 16.5. The van der Waals surface area contributed by atoms with Gasteiger partial charge in [-0.05, 0) is 26.3 Å². The molecule has 3 unspecified atom stereocenters. The average Bonchev–Trinajstić information content (AvgIpc) is 3.21. The highest BCUT2D eigenvalue weighted by molar-refractivity contribution is 6.02. The molecule has 3 atom stereocenters. The molecule has 8 heteroatoms. The van der Waals surface area contributed by atoms with E-state index >= 15 is 0 Å². The summed E-state index contributed by atoms with van der Waals surface area (Å²) in [4.78, 5) is 38.7. The lowest BCUT2D eigenvalue weighted by Gasteiger charge is -2.36. The summed E-state index contributed by atoms with van der Waals surface area (Å²) in [5, 5.41) is 5.78. The third-order valence-electron chi connectivity index (χ3n) is 5.13. The van der Waals surface area contributed by atoms with E-state index in [0.29, 0.717) is 26.1 Å². The molecular formula is C22H29N3O5. The SMILES string of the molecule is CC1CN(C(=O)C(C)OC(=O)CCC(=O)N2CCC(c3ccccc3)=N2)CC(C)O1. The standard InChI is InChI=1S/C22H29N3O5/c1-15-13-24(14-16(2)29-15)22(28)17(3)30-21(27)10-9-20(26)25-12-11-19(23-25)18-7-5-4-6-8-18/h4-8,15-17H,9-14H2,1-3H3. The van der Waals surface area contributed by atoms with Gasteiger partial charge in [0.1, 0.15) is 0 Å². The molecule has 2 amide bonds. The van der Waals surface area contributed by atoms with Crippen LogP contribution in [0.2, 0.25) is 0 Å². The second kappa shape index (κ2) is 9.84. The fourth-order valence-corrected chi connectivity index (χ4v) is 3.73. The molecule has 1 aromatic rings. The number of esters is 1. The van der Waals surface area contributed by atoms with Crippen LogP contribution in [0.4, 0.5) is 0 Å². The summed E-state index contributed by atoms with van der Waals surface area (Å²) in [5.74, 6) is -1.04. The fourth-order valence-electron chi connectivity index (χ4n) is 3.73. The highest BCUT2D eigenvalue weighted by Gasteiger charge is 2.30. The van der Waals surface area contributed by atoms with Crippen LogP contribution in [0.25, 0.3) is 0 Å². The first-order valence-electron chi connectivity index (χ1n) is 10.4. The number of rotatable bonds is 6. The molecule has 30 heavy (non-hydrogen) atoms. The van der Waals surface area contributed by atoms with Gasteiger partial charge in [0, 0.05) is 25.9 Å². The zero-order valence-electron chi connectivity index (χ0n) is 17.7. The molecule has 162 valence electrons. The van der Waals surface area contributed by atoms with Gasteiger partial charge >= 0.3 is 5.97 Å². The maximum absolute atomic E-state index is 12.5. The Bertz CT molecular complexity index is 800. The second-order valence-electron chi connectivity index (χ2n) is 7.81. The maximum atomic E-state index is 12.5. The molecule has 2 heterocycles. The number of carbonyl (C=O) groups is 3. The van der Waals surface area contributed by atoms with Gasteiger partial charge in [0.25, 0.3) is 5.91 Å². The van der Waals surface area contributed by atoms with E-state index in [-0.39, 0.29) is 36.9 Å². The second-order valence-corrected chi connectivity index (χ2v) is 7.81. The molecule has 0 saturated carbocycles. The quantitative estimate of drug-likeness (QED) is 0.663. The molecular weight excluding hydrogens is 386 g/mol. The first-order chi connectivity index (χ1) is 14.3. The van der Waals surface area contributed by atoms with Gasteiger partial charge in [-0.2, -0.15) is 5.10 Å². The van der Waals surface area contributed by atoms with Crippen LogP contribution in [-0.4, -0.2) is 71.4 Å². The minimum Gasteiger partial charge on any atom is -0.453 e. The largest absolute Gasteiger partial charge is 0.453 e. The zero-order chi connectivity index (χ0) is 21.7. The normalized spacial score (nSPS) is 22.4. The number of ether oxygens (including phenoxy) is 2. The summed E-state index contributed by atoms with van der Waals surface area (Å²) in [6.07, 6.45) is -0.405. The third kappa shape index (κ3) is 5.66. The molecule has 0 N–H and O–H groups in total. The first-order valence-corrected chi connectivity index (χ1v) is 10.4. The molecule has 2 aliphatic heterocycles. The van der Waals surface area contributed by atoms with Gasteiger partial charge in [0.2, 0.25) is 5.91 Å². The Hall–Kier alpha value is -2.74. The lowest BCUT2D eigenvalue weighted by molar-refractivity contribution is -0.164. The van der Waals surface area contributed by atoms with Crippen molar-refractivity contribution in [1.82, 2.24) is 9.91 Å². The summed E-state index contributed by atoms with van der Waals surface area (Å²) < 4.78 is 10.9. The van der Waals surface area contributed by atoms with Crippen molar-refractivity contribution in [3.8, 4) is 0 Å². The molecule has 0 radical (unpaired) electrons. The van der Waals surface area contributed by atoms with Crippen LogP contribution in [0.5, 0.6) is 0 Å². The molecule has 1 aromatic carbocycles. The van der Waals surface area contributed by atoms with Crippen LogP contribution in [0.1, 0.15) is 45.6 Å². The van der Waals surface area contributed by atoms with Crippen molar-refractivity contribution >= 4 is 23.5 Å². The Morgan fingerprint density at radius 2 is 1.80 bits per heavy atom. The summed E-state index contributed by atoms with van der Waals surface area (Å²) in [7, 11) is 0. The summed E-state index contributed by atoms with van der Waals surface area (Å²) in [5.41, 5.74) is 1.85. The van der Waals surface area contributed by atoms with Crippen LogP contribution in [0, 0.1) is 0 Å². The van der Waals surface area contributed by atoms with Crippen molar-refractivity contribution in [2.24, 2.45) is 5.10 Å². The van der Waals surface area contributed by atoms with Crippen molar-refractivity contribution in [2.45, 2.75) is 58.3 Å². The van der Waals surface area contributed by atoms with Crippen LogP contribution in [-0.2, 0) is 23.9 Å². The van der Waals surface area contributed by atoms with Gasteiger partial charge < -0.3 is 14.4 Å². The van der Waals surface area contributed by atoms with Crippen molar-refractivity contribution in [2.75, 3.05) is 19.6 Å². The van der Waals surface area contributed by atoms with E-state index in [0.717, 1.165) is 11.3 Å². The van der Waals surface area contributed by atoms with Crippen molar-refractivity contribution < 1.29 is 23.9 Å². The Morgan fingerprint density at radius 1 is 1.13 bits per heavy atom. The van der Waals surface area contributed by atoms with E-state index in [1.165, 1.54) is 5.01 Å². The number of nitrogens with zero attached hydrogens (tertiary/aromatic N) is 3.